The average Bonchev–Trinajstić information content (AvgIpc) is 3.14. The zero-order valence-corrected chi connectivity index (χ0v) is 13.4. The minimum absolute atomic E-state index is 0.206. The highest BCUT2D eigenvalue weighted by molar-refractivity contribution is 6.33. The zero-order chi connectivity index (χ0) is 16.8. The molecule has 0 fully saturated rings. The number of nitrogens with one attached hydrogen (secondary N) is 2. The number of carbonyl (C=O) groups is 1. The van der Waals surface area contributed by atoms with Gasteiger partial charge in [-0.15, -0.1) is 10.2 Å². The molecular formula is C16H15ClN6O. The topological polar surface area (TPSA) is 84.7 Å². The largest absolute Gasteiger partial charge is 0.367 e. The number of anilines is 1. The summed E-state index contributed by atoms with van der Waals surface area (Å²) < 4.78 is 1.63. The third-order valence-corrected chi connectivity index (χ3v) is 3.55. The Balaban J connectivity index is 1.47. The van der Waals surface area contributed by atoms with Crippen molar-refractivity contribution in [3.05, 3.63) is 65.4 Å². The Labute approximate surface area is 143 Å². The van der Waals surface area contributed by atoms with Gasteiger partial charge in [-0.25, -0.2) is 4.68 Å². The Morgan fingerprint density at radius 3 is 2.67 bits per heavy atom. The molecule has 0 aliphatic rings. The van der Waals surface area contributed by atoms with Gasteiger partial charge in [0.2, 0.25) is 0 Å². The van der Waals surface area contributed by atoms with Crippen LogP contribution < -0.4 is 10.6 Å². The minimum Gasteiger partial charge on any atom is -0.367 e. The van der Waals surface area contributed by atoms with Crippen LogP contribution in [0.15, 0.2) is 54.9 Å². The number of halogens is 1. The molecule has 0 radical (unpaired) electrons. The summed E-state index contributed by atoms with van der Waals surface area (Å²) in [6.45, 7) is 0.957. The van der Waals surface area contributed by atoms with Gasteiger partial charge < -0.3 is 10.6 Å². The molecule has 0 bridgehead atoms. The van der Waals surface area contributed by atoms with Crippen LogP contribution >= 0.6 is 11.6 Å². The highest BCUT2D eigenvalue weighted by Gasteiger charge is 2.08. The SMILES string of the molecule is O=C(NCCNc1ccc(-n2cccn2)nn1)c1ccccc1Cl. The number of rotatable bonds is 6. The molecule has 3 aromatic rings. The number of hydrogen-bond acceptors (Lipinski definition) is 5. The molecule has 3 rings (SSSR count). The highest BCUT2D eigenvalue weighted by atomic mass is 35.5. The molecule has 24 heavy (non-hydrogen) atoms. The van der Waals surface area contributed by atoms with E-state index >= 15 is 0 Å². The van der Waals surface area contributed by atoms with Gasteiger partial charge in [-0.05, 0) is 30.3 Å². The van der Waals surface area contributed by atoms with Crippen molar-refractivity contribution < 1.29 is 4.79 Å². The molecule has 2 aromatic heterocycles. The zero-order valence-electron chi connectivity index (χ0n) is 12.7. The molecule has 0 atom stereocenters. The van der Waals surface area contributed by atoms with Gasteiger partial charge in [0.25, 0.3) is 5.91 Å². The first-order valence-corrected chi connectivity index (χ1v) is 7.72. The van der Waals surface area contributed by atoms with Crippen molar-refractivity contribution in [3.8, 4) is 5.82 Å². The van der Waals surface area contributed by atoms with Gasteiger partial charge in [-0.3, -0.25) is 4.79 Å². The van der Waals surface area contributed by atoms with Gasteiger partial charge in [0, 0.05) is 25.5 Å². The van der Waals surface area contributed by atoms with E-state index < -0.39 is 0 Å². The molecular weight excluding hydrogens is 328 g/mol. The Hall–Kier alpha value is -2.93. The number of hydrogen-bond donors (Lipinski definition) is 2. The summed E-state index contributed by atoms with van der Waals surface area (Å²) in [5.74, 6) is 1.05. The first-order chi connectivity index (χ1) is 11.7. The van der Waals surface area contributed by atoms with Gasteiger partial charge in [-0.2, -0.15) is 5.10 Å². The van der Waals surface area contributed by atoms with Crippen LogP contribution in [0.2, 0.25) is 5.02 Å². The lowest BCUT2D eigenvalue weighted by Crippen LogP contribution is -2.29. The predicted molar refractivity (Wildman–Crippen MR) is 91.4 cm³/mol. The van der Waals surface area contributed by atoms with E-state index in [9.17, 15) is 4.79 Å². The third-order valence-electron chi connectivity index (χ3n) is 3.22. The number of carbonyl (C=O) groups excluding carboxylic acids is 1. The molecule has 122 valence electrons. The van der Waals surface area contributed by atoms with E-state index in [0.717, 1.165) is 0 Å². The smallest absolute Gasteiger partial charge is 0.252 e. The van der Waals surface area contributed by atoms with Crippen molar-refractivity contribution in [3.63, 3.8) is 0 Å². The first-order valence-electron chi connectivity index (χ1n) is 7.34. The maximum atomic E-state index is 12.0. The molecule has 0 unspecified atom stereocenters. The summed E-state index contributed by atoms with van der Waals surface area (Å²) in [5.41, 5.74) is 0.461. The van der Waals surface area contributed by atoms with Crippen LogP contribution in [0.4, 0.5) is 5.82 Å². The molecule has 1 amide bonds. The Kier molecular flexibility index (Phi) is 5.02. The van der Waals surface area contributed by atoms with Gasteiger partial charge in [0.05, 0.1) is 10.6 Å². The molecule has 2 heterocycles. The molecule has 0 aliphatic carbocycles. The Morgan fingerprint density at radius 2 is 1.96 bits per heavy atom. The maximum absolute atomic E-state index is 12.0. The van der Waals surface area contributed by atoms with E-state index in [1.54, 1.807) is 47.4 Å². The molecule has 0 spiro atoms. The molecule has 2 N–H and O–H groups in total. The summed E-state index contributed by atoms with van der Waals surface area (Å²) >= 11 is 5.98. The Bertz CT molecular complexity index is 804. The van der Waals surface area contributed by atoms with Crippen LogP contribution in [0, 0.1) is 0 Å². The number of nitrogens with zero attached hydrogens (tertiary/aromatic N) is 4. The van der Waals surface area contributed by atoms with Crippen molar-refractivity contribution in [1.29, 1.82) is 0 Å². The minimum atomic E-state index is -0.206. The summed E-state index contributed by atoms with van der Waals surface area (Å²) in [5, 5.41) is 18.5. The average molecular weight is 343 g/mol. The molecule has 0 aliphatic heterocycles. The number of benzene rings is 1. The monoisotopic (exact) mass is 342 g/mol. The molecule has 8 heteroatoms. The lowest BCUT2D eigenvalue weighted by molar-refractivity contribution is 0.0955. The number of aromatic nitrogens is 4. The summed E-state index contributed by atoms with van der Waals surface area (Å²) in [4.78, 5) is 12.0. The fourth-order valence-corrected chi connectivity index (χ4v) is 2.27. The van der Waals surface area contributed by atoms with E-state index in [1.807, 2.05) is 12.1 Å². The normalized spacial score (nSPS) is 10.4. The van der Waals surface area contributed by atoms with Crippen molar-refractivity contribution in [1.82, 2.24) is 25.3 Å². The summed E-state index contributed by atoms with van der Waals surface area (Å²) in [7, 11) is 0. The van der Waals surface area contributed by atoms with Crippen LogP contribution in [-0.4, -0.2) is 39.0 Å². The van der Waals surface area contributed by atoms with Crippen LogP contribution in [0.3, 0.4) is 0 Å². The first kappa shape index (κ1) is 15.9. The molecule has 0 saturated carbocycles. The number of amides is 1. The predicted octanol–water partition coefficient (Wildman–Crippen LogP) is 2.16. The van der Waals surface area contributed by atoms with Crippen molar-refractivity contribution in [2.45, 2.75) is 0 Å². The second-order valence-electron chi connectivity index (χ2n) is 4.89. The van der Waals surface area contributed by atoms with Gasteiger partial charge in [-0.1, -0.05) is 23.7 Å². The summed E-state index contributed by atoms with van der Waals surface area (Å²) in [6.07, 6.45) is 3.47. The fourth-order valence-electron chi connectivity index (χ4n) is 2.05. The van der Waals surface area contributed by atoms with E-state index in [0.29, 0.717) is 35.3 Å². The lowest BCUT2D eigenvalue weighted by Gasteiger charge is -2.08. The van der Waals surface area contributed by atoms with E-state index in [2.05, 4.69) is 25.9 Å². The quantitative estimate of drug-likeness (QED) is 0.670. The van der Waals surface area contributed by atoms with Gasteiger partial charge in [0.15, 0.2) is 5.82 Å². The standard InChI is InChI=1S/C16H15ClN6O/c17-13-5-2-1-4-12(13)16(24)19-10-9-18-14-6-7-15(22-21-14)23-11-3-8-20-23/h1-8,11H,9-10H2,(H,18,21)(H,19,24). The van der Waals surface area contributed by atoms with Crippen LogP contribution in [0.1, 0.15) is 10.4 Å². The second kappa shape index (κ2) is 7.56. The van der Waals surface area contributed by atoms with E-state index in [1.165, 1.54) is 0 Å². The van der Waals surface area contributed by atoms with Gasteiger partial charge in [0.1, 0.15) is 5.82 Å². The van der Waals surface area contributed by atoms with Crippen LogP contribution in [0.5, 0.6) is 0 Å². The third kappa shape index (κ3) is 3.88. The fraction of sp³-hybridized carbons (Fsp3) is 0.125. The molecule has 0 saturated heterocycles. The van der Waals surface area contributed by atoms with Crippen molar-refractivity contribution in [2.75, 3.05) is 18.4 Å². The van der Waals surface area contributed by atoms with E-state index in [-0.39, 0.29) is 5.91 Å². The maximum Gasteiger partial charge on any atom is 0.252 e. The highest BCUT2D eigenvalue weighted by Crippen LogP contribution is 2.14. The van der Waals surface area contributed by atoms with Crippen LogP contribution in [-0.2, 0) is 0 Å². The lowest BCUT2D eigenvalue weighted by atomic mass is 10.2. The van der Waals surface area contributed by atoms with Crippen molar-refractivity contribution in [2.24, 2.45) is 0 Å². The Morgan fingerprint density at radius 1 is 1.08 bits per heavy atom. The molecule has 7 nitrogen and oxygen atoms in total. The van der Waals surface area contributed by atoms with Crippen LogP contribution in [0.25, 0.3) is 5.82 Å². The molecule has 1 aromatic carbocycles. The summed E-state index contributed by atoms with van der Waals surface area (Å²) in [6, 6.07) is 12.4. The second-order valence-corrected chi connectivity index (χ2v) is 5.30. The van der Waals surface area contributed by atoms with Crippen molar-refractivity contribution >= 4 is 23.3 Å². The van der Waals surface area contributed by atoms with E-state index in [4.69, 9.17) is 11.6 Å². The van der Waals surface area contributed by atoms with Gasteiger partial charge >= 0.3 is 0 Å².